The van der Waals surface area contributed by atoms with Gasteiger partial charge in [0.15, 0.2) is 0 Å². The van der Waals surface area contributed by atoms with Crippen molar-refractivity contribution >= 4 is 37.5 Å². The van der Waals surface area contributed by atoms with E-state index < -0.39 is 28.5 Å². The third-order valence-electron chi connectivity index (χ3n) is 5.97. The van der Waals surface area contributed by atoms with E-state index in [2.05, 4.69) is 21.2 Å². The second-order valence-electron chi connectivity index (χ2n) is 8.71. The van der Waals surface area contributed by atoms with Crippen molar-refractivity contribution in [2.24, 2.45) is 0 Å². The van der Waals surface area contributed by atoms with Crippen LogP contribution in [0.15, 0.2) is 112 Å². The van der Waals surface area contributed by atoms with Gasteiger partial charge in [-0.05, 0) is 73.5 Å². The van der Waals surface area contributed by atoms with Gasteiger partial charge in [-0.3, -0.25) is 9.10 Å². The minimum atomic E-state index is -4.05. The third-order valence-corrected chi connectivity index (χ3v) is 8.29. The SMILES string of the molecule is CCOc1ccc(N(CC(=O)N[C@H](c2ccccc2)c2ccc(C)cc2)S(=O)(=O)c2ccc(Br)cc2)cc1. The van der Waals surface area contributed by atoms with E-state index >= 15 is 0 Å². The molecular weight excluding hydrogens is 564 g/mol. The van der Waals surface area contributed by atoms with E-state index in [1.807, 2.05) is 68.4 Å². The van der Waals surface area contributed by atoms with Crippen LogP contribution < -0.4 is 14.4 Å². The number of anilines is 1. The van der Waals surface area contributed by atoms with Crippen molar-refractivity contribution in [3.63, 3.8) is 0 Å². The molecule has 196 valence electrons. The van der Waals surface area contributed by atoms with Gasteiger partial charge in [-0.2, -0.15) is 0 Å². The first-order valence-corrected chi connectivity index (χ1v) is 14.4. The van der Waals surface area contributed by atoms with Gasteiger partial charge in [0.05, 0.1) is 23.2 Å². The molecule has 0 bridgehead atoms. The van der Waals surface area contributed by atoms with Gasteiger partial charge in [-0.15, -0.1) is 0 Å². The molecule has 38 heavy (non-hydrogen) atoms. The van der Waals surface area contributed by atoms with Crippen molar-refractivity contribution in [2.75, 3.05) is 17.5 Å². The number of aryl methyl sites for hydroxylation is 1. The Labute approximate surface area is 232 Å². The Morgan fingerprint density at radius 2 is 1.47 bits per heavy atom. The Balaban J connectivity index is 1.67. The maximum atomic E-state index is 13.8. The summed E-state index contributed by atoms with van der Waals surface area (Å²) in [7, 11) is -4.05. The number of sulfonamides is 1. The van der Waals surface area contributed by atoms with Crippen LogP contribution in [0, 0.1) is 6.92 Å². The number of carbonyl (C=O) groups excluding carboxylic acids is 1. The molecule has 4 aromatic carbocycles. The first-order valence-electron chi connectivity index (χ1n) is 12.2. The fourth-order valence-electron chi connectivity index (χ4n) is 4.02. The molecule has 1 atom stereocenters. The number of hydrogen-bond acceptors (Lipinski definition) is 4. The van der Waals surface area contributed by atoms with Gasteiger partial charge in [0.2, 0.25) is 5.91 Å². The molecule has 0 fully saturated rings. The molecule has 0 aliphatic carbocycles. The number of nitrogens with zero attached hydrogens (tertiary/aromatic N) is 1. The minimum absolute atomic E-state index is 0.0838. The van der Waals surface area contributed by atoms with Crippen LogP contribution in [0.5, 0.6) is 5.75 Å². The molecular formula is C30H29BrN2O4S. The topological polar surface area (TPSA) is 75.7 Å². The molecule has 0 aromatic heterocycles. The Bertz CT molecular complexity index is 1460. The van der Waals surface area contributed by atoms with Crippen LogP contribution in [0.3, 0.4) is 0 Å². The average molecular weight is 594 g/mol. The molecule has 0 heterocycles. The number of ether oxygens (including phenoxy) is 1. The van der Waals surface area contributed by atoms with Gasteiger partial charge in [0, 0.05) is 4.47 Å². The van der Waals surface area contributed by atoms with Crippen molar-refractivity contribution in [1.29, 1.82) is 0 Å². The molecule has 4 rings (SSSR count). The number of halogens is 1. The second-order valence-corrected chi connectivity index (χ2v) is 11.5. The van der Waals surface area contributed by atoms with Gasteiger partial charge in [-0.25, -0.2) is 8.42 Å². The number of amides is 1. The van der Waals surface area contributed by atoms with E-state index in [1.165, 1.54) is 12.1 Å². The molecule has 1 amide bonds. The number of hydrogen-bond donors (Lipinski definition) is 1. The maximum absolute atomic E-state index is 13.8. The highest BCUT2D eigenvalue weighted by atomic mass is 79.9. The first kappa shape index (κ1) is 27.4. The minimum Gasteiger partial charge on any atom is -0.494 e. The van der Waals surface area contributed by atoms with E-state index in [-0.39, 0.29) is 4.90 Å². The van der Waals surface area contributed by atoms with Crippen LogP contribution in [0.4, 0.5) is 5.69 Å². The quantitative estimate of drug-likeness (QED) is 0.236. The molecule has 0 saturated heterocycles. The van der Waals surface area contributed by atoms with Gasteiger partial charge in [-0.1, -0.05) is 76.1 Å². The Kier molecular flexibility index (Phi) is 8.86. The predicted molar refractivity (Wildman–Crippen MR) is 154 cm³/mol. The Hall–Kier alpha value is -3.62. The molecule has 0 aliphatic heterocycles. The lowest BCUT2D eigenvalue weighted by atomic mass is 9.98. The lowest BCUT2D eigenvalue weighted by molar-refractivity contribution is -0.120. The summed E-state index contributed by atoms with van der Waals surface area (Å²) in [6.45, 7) is 3.96. The summed E-state index contributed by atoms with van der Waals surface area (Å²) in [4.78, 5) is 13.6. The summed E-state index contributed by atoms with van der Waals surface area (Å²) in [5, 5.41) is 3.06. The van der Waals surface area contributed by atoms with Crippen molar-refractivity contribution < 1.29 is 17.9 Å². The molecule has 0 unspecified atom stereocenters. The molecule has 0 saturated carbocycles. The second kappa shape index (κ2) is 12.3. The molecule has 0 aliphatic rings. The highest BCUT2D eigenvalue weighted by Gasteiger charge is 2.28. The van der Waals surface area contributed by atoms with Crippen LogP contribution in [0.1, 0.15) is 29.7 Å². The number of benzene rings is 4. The van der Waals surface area contributed by atoms with Crippen molar-refractivity contribution in [1.82, 2.24) is 5.32 Å². The van der Waals surface area contributed by atoms with Crippen LogP contribution in [0.2, 0.25) is 0 Å². The summed E-state index contributed by atoms with van der Waals surface area (Å²) in [6, 6.07) is 30.1. The predicted octanol–water partition coefficient (Wildman–Crippen LogP) is 6.26. The number of rotatable bonds is 10. The van der Waals surface area contributed by atoms with Crippen LogP contribution >= 0.6 is 15.9 Å². The summed E-state index contributed by atoms with van der Waals surface area (Å²) in [6.07, 6.45) is 0. The van der Waals surface area contributed by atoms with Gasteiger partial charge < -0.3 is 10.1 Å². The van der Waals surface area contributed by atoms with Crippen molar-refractivity contribution in [3.8, 4) is 5.75 Å². The van der Waals surface area contributed by atoms with E-state index in [1.54, 1.807) is 36.4 Å². The highest BCUT2D eigenvalue weighted by Crippen LogP contribution is 2.28. The van der Waals surface area contributed by atoms with E-state index in [4.69, 9.17) is 4.74 Å². The van der Waals surface area contributed by atoms with Crippen LogP contribution in [-0.4, -0.2) is 27.5 Å². The smallest absolute Gasteiger partial charge is 0.264 e. The van der Waals surface area contributed by atoms with Crippen molar-refractivity contribution in [3.05, 3.63) is 124 Å². The monoisotopic (exact) mass is 592 g/mol. The van der Waals surface area contributed by atoms with E-state index in [0.29, 0.717) is 18.0 Å². The number of nitrogens with one attached hydrogen (secondary N) is 1. The van der Waals surface area contributed by atoms with Gasteiger partial charge in [0.1, 0.15) is 12.3 Å². The fraction of sp³-hybridized carbons (Fsp3) is 0.167. The summed E-state index contributed by atoms with van der Waals surface area (Å²) >= 11 is 3.35. The highest BCUT2D eigenvalue weighted by molar-refractivity contribution is 9.10. The standard InChI is InChI=1S/C30H29BrN2O4S/c1-3-37-27-17-15-26(16-18-27)33(38(35,36)28-19-13-25(31)14-20-28)21-29(34)32-30(23-7-5-4-6-8-23)24-11-9-22(2)10-12-24/h4-20,30H,3,21H2,1-2H3,(H,32,34)/t30-/m1/s1. The zero-order valence-corrected chi connectivity index (χ0v) is 23.6. The molecule has 6 nitrogen and oxygen atoms in total. The maximum Gasteiger partial charge on any atom is 0.264 e. The van der Waals surface area contributed by atoms with Crippen LogP contribution in [0.25, 0.3) is 0 Å². The van der Waals surface area contributed by atoms with E-state index in [9.17, 15) is 13.2 Å². The lowest BCUT2D eigenvalue weighted by Gasteiger charge is -2.26. The summed E-state index contributed by atoms with van der Waals surface area (Å²) in [5.41, 5.74) is 3.26. The molecule has 4 aromatic rings. The Morgan fingerprint density at radius 3 is 2.08 bits per heavy atom. The zero-order chi connectivity index (χ0) is 27.1. The molecule has 1 N–H and O–H groups in total. The largest absolute Gasteiger partial charge is 0.494 e. The van der Waals surface area contributed by atoms with Gasteiger partial charge >= 0.3 is 0 Å². The fourth-order valence-corrected chi connectivity index (χ4v) is 5.71. The number of carbonyl (C=O) groups is 1. The zero-order valence-electron chi connectivity index (χ0n) is 21.2. The summed E-state index contributed by atoms with van der Waals surface area (Å²) < 4.78 is 34.9. The molecule has 8 heteroatoms. The molecule has 0 spiro atoms. The molecule has 0 radical (unpaired) electrons. The Morgan fingerprint density at radius 1 is 0.868 bits per heavy atom. The van der Waals surface area contributed by atoms with Crippen LogP contribution in [-0.2, 0) is 14.8 Å². The lowest BCUT2D eigenvalue weighted by Crippen LogP contribution is -2.42. The average Bonchev–Trinajstić information content (AvgIpc) is 2.92. The normalized spacial score (nSPS) is 12.0. The summed E-state index contributed by atoms with van der Waals surface area (Å²) in [5.74, 6) is 0.180. The third kappa shape index (κ3) is 6.62. The van der Waals surface area contributed by atoms with Crippen molar-refractivity contribution in [2.45, 2.75) is 24.8 Å². The van der Waals surface area contributed by atoms with Gasteiger partial charge in [0.25, 0.3) is 10.0 Å². The van der Waals surface area contributed by atoms with E-state index in [0.717, 1.165) is 25.5 Å². The first-order chi connectivity index (χ1) is 18.3.